The van der Waals surface area contributed by atoms with Crippen LogP contribution in [0.5, 0.6) is 0 Å². The van der Waals surface area contributed by atoms with Gasteiger partial charge in [0.2, 0.25) is 6.08 Å². The molecule has 0 atom stereocenters. The zero-order valence-electron chi connectivity index (χ0n) is 17.4. The molecule has 0 aliphatic rings. The summed E-state index contributed by atoms with van der Waals surface area (Å²) in [6.45, 7) is 1.02. The monoisotopic (exact) mass is 367 g/mol. The first-order valence-corrected chi connectivity index (χ1v) is 11.6. The number of isocyanates is 1. The quantitative estimate of drug-likeness (QED) is 0.126. The predicted molar refractivity (Wildman–Crippen MR) is 112 cm³/mol. The second kappa shape index (κ2) is 24.3. The van der Waals surface area contributed by atoms with Crippen LogP contribution < -0.4 is 0 Å². The van der Waals surface area contributed by atoms with Gasteiger partial charge in [0.1, 0.15) is 0 Å². The fourth-order valence-corrected chi connectivity index (χ4v) is 3.53. The van der Waals surface area contributed by atoms with E-state index in [2.05, 4.69) is 4.99 Å². The maximum absolute atomic E-state index is 9.92. The first-order chi connectivity index (χ1) is 12.9. The van der Waals surface area contributed by atoms with E-state index in [0.29, 0.717) is 13.2 Å². The lowest BCUT2D eigenvalue weighted by atomic mass is 10.0. The molecule has 0 radical (unpaired) electrons. The Labute approximate surface area is 163 Å². The van der Waals surface area contributed by atoms with Gasteiger partial charge in [-0.25, -0.2) is 9.79 Å². The minimum Gasteiger partial charge on any atom is -0.396 e. The van der Waals surface area contributed by atoms with Crippen molar-refractivity contribution < 1.29 is 9.90 Å². The lowest BCUT2D eigenvalue weighted by Crippen LogP contribution is -1.85. The number of aliphatic imine (C=N–C) groups is 1. The summed E-state index contributed by atoms with van der Waals surface area (Å²) in [6.07, 6.45) is 28.3. The summed E-state index contributed by atoms with van der Waals surface area (Å²) >= 11 is 0. The first kappa shape index (κ1) is 25.3. The third kappa shape index (κ3) is 23.3. The van der Waals surface area contributed by atoms with Crippen molar-refractivity contribution in [2.24, 2.45) is 4.99 Å². The molecule has 0 aromatic carbocycles. The number of rotatable bonds is 22. The highest BCUT2D eigenvalue weighted by Gasteiger charge is 1.95. The summed E-state index contributed by atoms with van der Waals surface area (Å²) in [4.78, 5) is 13.5. The fourth-order valence-electron chi connectivity index (χ4n) is 3.53. The molecule has 0 unspecified atom stereocenters. The van der Waals surface area contributed by atoms with Gasteiger partial charge in [0, 0.05) is 6.61 Å². The molecule has 3 heteroatoms. The van der Waals surface area contributed by atoms with E-state index < -0.39 is 0 Å². The highest BCUT2D eigenvalue weighted by molar-refractivity contribution is 5.32. The van der Waals surface area contributed by atoms with Crippen LogP contribution in [0.3, 0.4) is 0 Å². The Bertz CT molecular complexity index is 301. The van der Waals surface area contributed by atoms with Crippen LogP contribution in [-0.2, 0) is 4.79 Å². The smallest absolute Gasteiger partial charge is 0.234 e. The molecule has 0 bridgehead atoms. The molecule has 0 saturated heterocycles. The van der Waals surface area contributed by atoms with Gasteiger partial charge in [0.15, 0.2) is 0 Å². The van der Waals surface area contributed by atoms with E-state index in [1.165, 1.54) is 116 Å². The van der Waals surface area contributed by atoms with E-state index >= 15 is 0 Å². The molecule has 3 nitrogen and oxygen atoms in total. The Hall–Kier alpha value is -0.660. The van der Waals surface area contributed by atoms with Crippen molar-refractivity contribution in [2.75, 3.05) is 13.2 Å². The Kier molecular flexibility index (Phi) is 23.7. The molecule has 0 rings (SSSR count). The van der Waals surface area contributed by atoms with Crippen LogP contribution >= 0.6 is 0 Å². The van der Waals surface area contributed by atoms with Crippen molar-refractivity contribution in [1.29, 1.82) is 0 Å². The molecule has 0 aliphatic heterocycles. The lowest BCUT2D eigenvalue weighted by molar-refractivity contribution is 0.282. The SMILES string of the molecule is O=C=NCCCCCCCCCCCCCCCCCCCCCCO. The Morgan fingerprint density at radius 3 is 1.00 bits per heavy atom. The molecule has 1 N–H and O–H groups in total. The van der Waals surface area contributed by atoms with Crippen LogP contribution in [0.4, 0.5) is 0 Å². The zero-order chi connectivity index (χ0) is 19.0. The molecule has 0 aromatic rings. The van der Waals surface area contributed by atoms with Crippen LogP contribution in [0.25, 0.3) is 0 Å². The first-order valence-electron chi connectivity index (χ1n) is 11.6. The Morgan fingerprint density at radius 2 is 0.731 bits per heavy atom. The number of carbonyl (C=O) groups excluding carboxylic acids is 1. The number of aliphatic hydroxyl groups excluding tert-OH is 1. The molecular weight excluding hydrogens is 322 g/mol. The van der Waals surface area contributed by atoms with E-state index in [-0.39, 0.29) is 0 Å². The normalized spacial score (nSPS) is 10.8. The molecule has 0 aromatic heterocycles. The fraction of sp³-hybridized carbons (Fsp3) is 0.957. The average Bonchev–Trinajstić information content (AvgIpc) is 2.66. The number of aliphatic hydroxyl groups is 1. The molecule has 0 heterocycles. The van der Waals surface area contributed by atoms with Gasteiger partial charge >= 0.3 is 0 Å². The Morgan fingerprint density at radius 1 is 0.462 bits per heavy atom. The van der Waals surface area contributed by atoms with Gasteiger partial charge in [0.25, 0.3) is 0 Å². The summed E-state index contributed by atoms with van der Waals surface area (Å²) < 4.78 is 0. The van der Waals surface area contributed by atoms with Crippen molar-refractivity contribution in [3.05, 3.63) is 0 Å². The standard InChI is InChI=1S/C23H45NO2/c25-22-20-18-16-14-12-10-8-6-4-2-1-3-5-7-9-11-13-15-17-19-21-24-23-26/h25H,1-22H2. The van der Waals surface area contributed by atoms with Gasteiger partial charge < -0.3 is 5.11 Å². The summed E-state index contributed by atoms with van der Waals surface area (Å²) in [5, 5.41) is 8.72. The van der Waals surface area contributed by atoms with Crippen LogP contribution in [0.15, 0.2) is 4.99 Å². The van der Waals surface area contributed by atoms with Crippen molar-refractivity contribution in [3.8, 4) is 0 Å². The predicted octanol–water partition coefficient (Wildman–Crippen LogP) is 7.12. The molecule has 0 spiro atoms. The van der Waals surface area contributed by atoms with Crippen molar-refractivity contribution in [2.45, 2.75) is 128 Å². The van der Waals surface area contributed by atoms with Crippen molar-refractivity contribution in [1.82, 2.24) is 0 Å². The highest BCUT2D eigenvalue weighted by atomic mass is 16.2. The van der Waals surface area contributed by atoms with Gasteiger partial charge in [-0.1, -0.05) is 116 Å². The number of hydrogen-bond donors (Lipinski definition) is 1. The topological polar surface area (TPSA) is 49.7 Å². The molecule has 0 fully saturated rings. The maximum Gasteiger partial charge on any atom is 0.234 e. The molecule has 0 aliphatic carbocycles. The van der Waals surface area contributed by atoms with Crippen LogP contribution in [0.2, 0.25) is 0 Å². The summed E-state index contributed by atoms with van der Waals surface area (Å²) in [6, 6.07) is 0. The van der Waals surface area contributed by atoms with Crippen LogP contribution in [0, 0.1) is 0 Å². The van der Waals surface area contributed by atoms with Gasteiger partial charge in [-0.2, -0.15) is 0 Å². The average molecular weight is 368 g/mol. The molecule has 0 saturated carbocycles. The minimum absolute atomic E-state index is 0.362. The third-order valence-electron chi connectivity index (χ3n) is 5.24. The lowest BCUT2D eigenvalue weighted by Gasteiger charge is -2.04. The summed E-state index contributed by atoms with van der Waals surface area (Å²) in [5.41, 5.74) is 0. The van der Waals surface area contributed by atoms with Crippen LogP contribution in [-0.4, -0.2) is 24.3 Å². The number of nitrogens with zero attached hydrogens (tertiary/aromatic N) is 1. The van der Waals surface area contributed by atoms with E-state index in [1.54, 1.807) is 6.08 Å². The molecule has 0 amide bonds. The second-order valence-electron chi connectivity index (χ2n) is 7.77. The van der Waals surface area contributed by atoms with E-state index in [1.807, 2.05) is 0 Å². The van der Waals surface area contributed by atoms with Gasteiger partial charge in [-0.15, -0.1) is 0 Å². The minimum atomic E-state index is 0.362. The van der Waals surface area contributed by atoms with E-state index in [4.69, 9.17) is 5.11 Å². The van der Waals surface area contributed by atoms with Gasteiger partial charge in [0.05, 0.1) is 6.54 Å². The number of unbranched alkanes of at least 4 members (excludes halogenated alkanes) is 19. The van der Waals surface area contributed by atoms with Gasteiger partial charge in [-0.3, -0.25) is 0 Å². The van der Waals surface area contributed by atoms with Crippen LogP contribution in [0.1, 0.15) is 128 Å². The van der Waals surface area contributed by atoms with E-state index in [0.717, 1.165) is 12.8 Å². The number of hydrogen-bond acceptors (Lipinski definition) is 3. The Balaban J connectivity index is 2.97. The van der Waals surface area contributed by atoms with Crippen molar-refractivity contribution >= 4 is 6.08 Å². The summed E-state index contributed by atoms with van der Waals surface area (Å²) in [7, 11) is 0. The third-order valence-corrected chi connectivity index (χ3v) is 5.24. The zero-order valence-corrected chi connectivity index (χ0v) is 17.4. The maximum atomic E-state index is 9.92. The van der Waals surface area contributed by atoms with Crippen molar-refractivity contribution in [3.63, 3.8) is 0 Å². The molecule has 154 valence electrons. The largest absolute Gasteiger partial charge is 0.396 e. The molecular formula is C23H45NO2. The summed E-state index contributed by atoms with van der Waals surface area (Å²) in [5.74, 6) is 0. The molecule has 26 heavy (non-hydrogen) atoms. The van der Waals surface area contributed by atoms with Gasteiger partial charge in [-0.05, 0) is 12.8 Å². The highest BCUT2D eigenvalue weighted by Crippen LogP contribution is 2.14. The van der Waals surface area contributed by atoms with E-state index in [9.17, 15) is 4.79 Å². The second-order valence-corrected chi connectivity index (χ2v) is 7.77.